The first kappa shape index (κ1) is 18.9. The Hall–Kier alpha value is -2.87. The first-order chi connectivity index (χ1) is 12.8. The molecule has 2 amide bonds. The van der Waals surface area contributed by atoms with Crippen LogP contribution in [0.3, 0.4) is 0 Å². The van der Waals surface area contributed by atoms with E-state index in [0.717, 1.165) is 35.7 Å². The Morgan fingerprint density at radius 3 is 2.63 bits per heavy atom. The Kier molecular flexibility index (Phi) is 5.46. The van der Waals surface area contributed by atoms with Crippen LogP contribution in [0, 0.1) is 0 Å². The maximum absolute atomic E-state index is 12.7. The number of hydrogen-bond donors (Lipinski definition) is 2. The summed E-state index contributed by atoms with van der Waals surface area (Å²) in [5, 5.41) is 4.63. The van der Waals surface area contributed by atoms with Gasteiger partial charge in [-0.3, -0.25) is 9.59 Å². The van der Waals surface area contributed by atoms with Gasteiger partial charge in [-0.25, -0.2) is 0 Å². The summed E-state index contributed by atoms with van der Waals surface area (Å²) >= 11 is 0. The van der Waals surface area contributed by atoms with Crippen molar-refractivity contribution in [3.8, 4) is 0 Å². The zero-order chi connectivity index (χ0) is 19.4. The largest absolute Gasteiger partial charge is 0.416 e. The molecule has 5 nitrogen and oxygen atoms in total. The van der Waals surface area contributed by atoms with Gasteiger partial charge in [0.05, 0.1) is 12.2 Å². The van der Waals surface area contributed by atoms with Crippen molar-refractivity contribution in [2.45, 2.75) is 18.7 Å². The van der Waals surface area contributed by atoms with E-state index < -0.39 is 23.6 Å². The van der Waals surface area contributed by atoms with E-state index >= 15 is 0 Å². The van der Waals surface area contributed by atoms with E-state index in [-0.39, 0.29) is 18.3 Å². The van der Waals surface area contributed by atoms with Gasteiger partial charge < -0.3 is 15.4 Å². The normalized spacial score (nSPS) is 16.3. The molecule has 0 saturated heterocycles. The Labute approximate surface area is 153 Å². The lowest BCUT2D eigenvalue weighted by Gasteiger charge is -2.26. The molecule has 0 bridgehead atoms. The van der Waals surface area contributed by atoms with Crippen LogP contribution in [0.2, 0.25) is 0 Å². The summed E-state index contributed by atoms with van der Waals surface area (Å²) in [6, 6.07) is 11.7. The smallest absolute Gasteiger partial charge is 0.371 e. The van der Waals surface area contributed by atoms with Crippen LogP contribution < -0.4 is 10.6 Å². The third-order valence-electron chi connectivity index (χ3n) is 4.19. The third kappa shape index (κ3) is 4.65. The molecular formula is C19H17F3N2O3. The number of benzene rings is 2. The summed E-state index contributed by atoms with van der Waals surface area (Å²) in [6.45, 7) is 0.597. The van der Waals surface area contributed by atoms with Crippen LogP contribution in [0.1, 0.15) is 22.8 Å². The minimum Gasteiger partial charge on any atom is -0.371 e. The van der Waals surface area contributed by atoms with E-state index in [1.54, 1.807) is 0 Å². The van der Waals surface area contributed by atoms with Crippen LogP contribution in [0.25, 0.3) is 0 Å². The van der Waals surface area contributed by atoms with Gasteiger partial charge in [0.2, 0.25) is 0 Å². The van der Waals surface area contributed by atoms with Gasteiger partial charge in [0.25, 0.3) is 0 Å². The minimum absolute atomic E-state index is 0.0891. The van der Waals surface area contributed by atoms with E-state index in [0.29, 0.717) is 6.61 Å². The molecule has 0 fully saturated rings. The molecule has 8 heteroatoms. The molecule has 1 heterocycles. The van der Waals surface area contributed by atoms with E-state index in [9.17, 15) is 22.8 Å². The van der Waals surface area contributed by atoms with Crippen LogP contribution in [0.15, 0.2) is 48.5 Å². The average molecular weight is 378 g/mol. The second kappa shape index (κ2) is 7.79. The topological polar surface area (TPSA) is 67.4 Å². The molecule has 27 heavy (non-hydrogen) atoms. The fraction of sp³-hybridized carbons (Fsp3) is 0.263. The number of halogens is 3. The van der Waals surface area contributed by atoms with Crippen molar-refractivity contribution in [3.05, 3.63) is 65.2 Å². The summed E-state index contributed by atoms with van der Waals surface area (Å²) < 4.78 is 43.8. The Morgan fingerprint density at radius 2 is 1.85 bits per heavy atom. The van der Waals surface area contributed by atoms with Gasteiger partial charge >= 0.3 is 18.0 Å². The Bertz CT molecular complexity index is 852. The number of nitrogens with one attached hydrogen (secondary N) is 2. The van der Waals surface area contributed by atoms with Gasteiger partial charge in [0.1, 0.15) is 6.10 Å². The maximum atomic E-state index is 12.7. The molecule has 0 aromatic heterocycles. The van der Waals surface area contributed by atoms with E-state index in [2.05, 4.69) is 10.6 Å². The molecule has 1 aliphatic heterocycles. The highest BCUT2D eigenvalue weighted by Gasteiger charge is 2.30. The molecule has 0 aliphatic carbocycles. The molecular weight excluding hydrogens is 361 g/mol. The Balaban J connectivity index is 1.59. The van der Waals surface area contributed by atoms with Crippen molar-refractivity contribution in [3.63, 3.8) is 0 Å². The molecule has 2 aromatic carbocycles. The number of fused-ring (bicyclic) bond motifs is 1. The summed E-state index contributed by atoms with van der Waals surface area (Å²) in [5.74, 6) is -1.99. The number of alkyl halides is 3. The van der Waals surface area contributed by atoms with Gasteiger partial charge in [0.15, 0.2) is 0 Å². The molecule has 3 rings (SSSR count). The molecule has 142 valence electrons. The first-order valence-corrected chi connectivity index (χ1v) is 8.30. The quantitative estimate of drug-likeness (QED) is 0.807. The predicted octanol–water partition coefficient (Wildman–Crippen LogP) is 3.07. The number of rotatable bonds is 3. The third-order valence-corrected chi connectivity index (χ3v) is 4.19. The summed E-state index contributed by atoms with van der Waals surface area (Å²) in [7, 11) is 0. The SMILES string of the molecule is O=C(NC[C@@H]1OCCc2ccccc21)C(=O)Nc1cccc(C(F)(F)F)c1. The Morgan fingerprint density at radius 1 is 1.07 bits per heavy atom. The fourth-order valence-corrected chi connectivity index (χ4v) is 2.87. The minimum atomic E-state index is -4.53. The number of carbonyl (C=O) groups excluding carboxylic acids is 2. The predicted molar refractivity (Wildman–Crippen MR) is 91.9 cm³/mol. The standard InChI is InChI=1S/C19H17F3N2O3/c20-19(21,22)13-5-3-6-14(10-13)24-18(26)17(25)23-11-16-15-7-2-1-4-12(15)8-9-27-16/h1-7,10,16H,8-9,11H2,(H,23,25)(H,24,26)/t16-/m0/s1. The monoisotopic (exact) mass is 378 g/mol. The van der Waals surface area contributed by atoms with Crippen LogP contribution in [0.5, 0.6) is 0 Å². The van der Waals surface area contributed by atoms with Gasteiger partial charge in [-0.05, 0) is 35.7 Å². The highest BCUT2D eigenvalue weighted by Crippen LogP contribution is 2.30. The number of anilines is 1. The van der Waals surface area contributed by atoms with Gasteiger partial charge in [-0.2, -0.15) is 13.2 Å². The average Bonchev–Trinajstić information content (AvgIpc) is 2.65. The number of carbonyl (C=O) groups is 2. The molecule has 2 N–H and O–H groups in total. The zero-order valence-corrected chi connectivity index (χ0v) is 14.2. The lowest BCUT2D eigenvalue weighted by atomic mass is 9.97. The van der Waals surface area contributed by atoms with Crippen molar-refractivity contribution in [2.75, 3.05) is 18.5 Å². The number of hydrogen-bond acceptors (Lipinski definition) is 3. The van der Waals surface area contributed by atoms with Crippen molar-refractivity contribution in [1.82, 2.24) is 5.32 Å². The second-order valence-electron chi connectivity index (χ2n) is 6.05. The second-order valence-corrected chi connectivity index (χ2v) is 6.05. The first-order valence-electron chi connectivity index (χ1n) is 8.30. The molecule has 0 saturated carbocycles. The van der Waals surface area contributed by atoms with E-state index in [1.165, 1.54) is 6.07 Å². The lowest BCUT2D eigenvalue weighted by Crippen LogP contribution is -2.39. The van der Waals surface area contributed by atoms with Crippen molar-refractivity contribution in [1.29, 1.82) is 0 Å². The highest BCUT2D eigenvalue weighted by atomic mass is 19.4. The van der Waals surface area contributed by atoms with Gasteiger partial charge in [0, 0.05) is 12.2 Å². The van der Waals surface area contributed by atoms with Crippen LogP contribution in [-0.2, 0) is 26.9 Å². The maximum Gasteiger partial charge on any atom is 0.416 e. The molecule has 0 radical (unpaired) electrons. The van der Waals surface area contributed by atoms with Crippen molar-refractivity contribution < 1.29 is 27.5 Å². The van der Waals surface area contributed by atoms with Gasteiger partial charge in [-0.1, -0.05) is 30.3 Å². The van der Waals surface area contributed by atoms with E-state index in [1.807, 2.05) is 24.3 Å². The fourth-order valence-electron chi connectivity index (χ4n) is 2.87. The zero-order valence-electron chi connectivity index (χ0n) is 14.2. The van der Waals surface area contributed by atoms with Crippen LogP contribution >= 0.6 is 0 Å². The molecule has 1 aliphatic rings. The van der Waals surface area contributed by atoms with Crippen LogP contribution in [-0.4, -0.2) is 25.0 Å². The summed E-state index contributed by atoms with van der Waals surface area (Å²) in [5.41, 5.74) is 1.05. The van der Waals surface area contributed by atoms with Crippen molar-refractivity contribution >= 4 is 17.5 Å². The number of amides is 2. The molecule has 1 atom stereocenters. The summed E-state index contributed by atoms with van der Waals surface area (Å²) in [4.78, 5) is 23.9. The molecule has 0 unspecified atom stereocenters. The summed E-state index contributed by atoms with van der Waals surface area (Å²) in [6.07, 6.45) is -4.13. The van der Waals surface area contributed by atoms with Crippen molar-refractivity contribution in [2.24, 2.45) is 0 Å². The van der Waals surface area contributed by atoms with E-state index in [4.69, 9.17) is 4.74 Å². The molecule has 2 aromatic rings. The number of ether oxygens (including phenoxy) is 1. The molecule has 0 spiro atoms. The highest BCUT2D eigenvalue weighted by molar-refractivity contribution is 6.39. The lowest BCUT2D eigenvalue weighted by molar-refractivity contribution is -0.137. The van der Waals surface area contributed by atoms with Gasteiger partial charge in [-0.15, -0.1) is 0 Å². The van der Waals surface area contributed by atoms with Crippen LogP contribution in [0.4, 0.5) is 18.9 Å².